The molecular formula is C19H16N2O6. The summed E-state index contributed by atoms with van der Waals surface area (Å²) in [5, 5.41) is 2.57. The van der Waals surface area contributed by atoms with Crippen LogP contribution in [-0.4, -0.2) is 43.8 Å². The lowest BCUT2D eigenvalue weighted by Crippen LogP contribution is -2.36. The van der Waals surface area contributed by atoms with Gasteiger partial charge in [-0.05, 0) is 24.3 Å². The number of carbonyl (C=O) groups excluding carboxylic acids is 4. The molecule has 0 aromatic heterocycles. The van der Waals surface area contributed by atoms with E-state index in [1.54, 1.807) is 42.5 Å². The monoisotopic (exact) mass is 368 g/mol. The summed E-state index contributed by atoms with van der Waals surface area (Å²) < 4.78 is 9.96. The normalized spacial score (nSPS) is 12.6. The number of nitrogens with one attached hydrogen (secondary N) is 1. The van der Waals surface area contributed by atoms with Crippen LogP contribution in [0.2, 0.25) is 0 Å². The minimum atomic E-state index is -0.798. The van der Waals surface area contributed by atoms with Crippen LogP contribution in [0.1, 0.15) is 10.4 Å². The number of anilines is 2. The van der Waals surface area contributed by atoms with Crippen molar-refractivity contribution in [2.75, 3.05) is 30.5 Å². The standard InChI is InChI=1S/C19H16N2O6/c1-26-13-6-4-5-12(9-13)20-16(22)11-27-17(23)10-21-15-8-3-2-7-14(15)18(24)19(21)25/h2-9H,10-11H2,1H3,(H,20,22). The average molecular weight is 368 g/mol. The number of esters is 1. The van der Waals surface area contributed by atoms with Crippen molar-refractivity contribution in [1.29, 1.82) is 0 Å². The van der Waals surface area contributed by atoms with Crippen LogP contribution in [0.25, 0.3) is 0 Å². The van der Waals surface area contributed by atoms with Crippen molar-refractivity contribution in [1.82, 2.24) is 0 Å². The lowest BCUT2D eigenvalue weighted by molar-refractivity contribution is -0.146. The molecule has 2 amide bonds. The van der Waals surface area contributed by atoms with Crippen molar-refractivity contribution in [3.63, 3.8) is 0 Å². The van der Waals surface area contributed by atoms with Gasteiger partial charge < -0.3 is 14.8 Å². The van der Waals surface area contributed by atoms with Gasteiger partial charge in [-0.3, -0.25) is 24.1 Å². The fourth-order valence-electron chi connectivity index (χ4n) is 2.62. The molecule has 0 radical (unpaired) electrons. The molecule has 8 nitrogen and oxygen atoms in total. The van der Waals surface area contributed by atoms with E-state index in [9.17, 15) is 19.2 Å². The van der Waals surface area contributed by atoms with Crippen molar-refractivity contribution in [3.05, 3.63) is 54.1 Å². The maximum atomic E-state index is 12.0. The number of Topliss-reactive ketones (excluding diaryl/α,β-unsaturated/α-hetero) is 1. The quantitative estimate of drug-likeness (QED) is 0.611. The molecule has 8 heteroatoms. The predicted octanol–water partition coefficient (Wildman–Crippen LogP) is 1.41. The Morgan fingerprint density at radius 2 is 1.85 bits per heavy atom. The Balaban J connectivity index is 1.55. The van der Waals surface area contributed by atoms with E-state index in [0.29, 0.717) is 17.1 Å². The first-order valence-corrected chi connectivity index (χ1v) is 8.04. The molecule has 1 aliphatic rings. The van der Waals surface area contributed by atoms with Crippen molar-refractivity contribution in [2.45, 2.75) is 0 Å². The topological polar surface area (TPSA) is 102 Å². The summed E-state index contributed by atoms with van der Waals surface area (Å²) in [4.78, 5) is 48.8. The molecule has 0 saturated carbocycles. The first kappa shape index (κ1) is 18.1. The average Bonchev–Trinajstić information content (AvgIpc) is 2.92. The first-order chi connectivity index (χ1) is 13.0. The molecule has 1 aliphatic heterocycles. The summed E-state index contributed by atoms with van der Waals surface area (Å²) in [5.74, 6) is -2.24. The zero-order valence-electron chi connectivity index (χ0n) is 14.4. The highest BCUT2D eigenvalue weighted by atomic mass is 16.5. The molecule has 1 N–H and O–H groups in total. The lowest BCUT2D eigenvalue weighted by Gasteiger charge is -2.15. The Labute approximate surface area is 154 Å². The van der Waals surface area contributed by atoms with Gasteiger partial charge in [0.1, 0.15) is 12.3 Å². The highest BCUT2D eigenvalue weighted by Gasteiger charge is 2.36. The molecule has 27 heavy (non-hydrogen) atoms. The third kappa shape index (κ3) is 3.95. The highest BCUT2D eigenvalue weighted by molar-refractivity contribution is 6.52. The van der Waals surface area contributed by atoms with E-state index in [4.69, 9.17) is 9.47 Å². The van der Waals surface area contributed by atoms with Gasteiger partial charge >= 0.3 is 5.97 Å². The number of carbonyl (C=O) groups is 4. The summed E-state index contributed by atoms with van der Waals surface area (Å²) in [6, 6.07) is 13.1. The van der Waals surface area contributed by atoms with Gasteiger partial charge in [0.2, 0.25) is 0 Å². The number of amides is 2. The van der Waals surface area contributed by atoms with E-state index >= 15 is 0 Å². The van der Waals surface area contributed by atoms with Gasteiger partial charge in [-0.2, -0.15) is 0 Å². The lowest BCUT2D eigenvalue weighted by atomic mass is 10.1. The summed E-state index contributed by atoms with van der Waals surface area (Å²) in [5.41, 5.74) is 1.08. The molecule has 2 aromatic carbocycles. The Hall–Kier alpha value is -3.68. The number of ketones is 1. The molecule has 0 atom stereocenters. The number of nitrogens with zero attached hydrogens (tertiary/aromatic N) is 1. The number of fused-ring (bicyclic) bond motifs is 1. The van der Waals surface area contributed by atoms with E-state index in [1.807, 2.05) is 0 Å². The second-order valence-corrected chi connectivity index (χ2v) is 5.68. The number of hydrogen-bond acceptors (Lipinski definition) is 6. The van der Waals surface area contributed by atoms with Crippen molar-refractivity contribution >= 4 is 34.9 Å². The van der Waals surface area contributed by atoms with Crippen LogP contribution in [0.3, 0.4) is 0 Å². The van der Waals surface area contributed by atoms with Crippen LogP contribution in [0, 0.1) is 0 Å². The molecule has 0 saturated heterocycles. The maximum Gasteiger partial charge on any atom is 0.326 e. The molecule has 138 valence electrons. The molecule has 0 unspecified atom stereocenters. The third-order valence-corrected chi connectivity index (χ3v) is 3.88. The summed E-state index contributed by atoms with van der Waals surface area (Å²) >= 11 is 0. The number of ether oxygens (including phenoxy) is 2. The number of methoxy groups -OCH3 is 1. The Morgan fingerprint density at radius 3 is 2.63 bits per heavy atom. The van der Waals surface area contributed by atoms with Crippen LogP contribution in [-0.2, 0) is 19.1 Å². The van der Waals surface area contributed by atoms with Gasteiger partial charge in [0.05, 0.1) is 18.4 Å². The highest BCUT2D eigenvalue weighted by Crippen LogP contribution is 2.28. The largest absolute Gasteiger partial charge is 0.497 e. The maximum absolute atomic E-state index is 12.0. The van der Waals surface area contributed by atoms with Crippen molar-refractivity contribution in [2.24, 2.45) is 0 Å². The zero-order valence-corrected chi connectivity index (χ0v) is 14.4. The van der Waals surface area contributed by atoms with E-state index in [1.165, 1.54) is 13.2 Å². The summed E-state index contributed by atoms with van der Waals surface area (Å²) in [6.45, 7) is -0.971. The summed E-state index contributed by atoms with van der Waals surface area (Å²) in [7, 11) is 1.51. The van der Waals surface area contributed by atoms with Crippen LogP contribution >= 0.6 is 0 Å². The van der Waals surface area contributed by atoms with Crippen LogP contribution in [0.5, 0.6) is 5.75 Å². The van der Waals surface area contributed by atoms with Crippen LogP contribution < -0.4 is 15.0 Å². The molecule has 1 heterocycles. The van der Waals surface area contributed by atoms with Gasteiger partial charge in [-0.25, -0.2) is 0 Å². The fraction of sp³-hybridized carbons (Fsp3) is 0.158. The van der Waals surface area contributed by atoms with Crippen molar-refractivity contribution < 1.29 is 28.7 Å². The minimum absolute atomic E-state index is 0.242. The molecule has 0 aliphatic carbocycles. The zero-order chi connectivity index (χ0) is 19.4. The fourth-order valence-corrected chi connectivity index (χ4v) is 2.62. The SMILES string of the molecule is COc1cccc(NC(=O)COC(=O)CN2C(=O)C(=O)c3ccccc32)c1. The Morgan fingerprint density at radius 1 is 1.07 bits per heavy atom. The third-order valence-electron chi connectivity index (χ3n) is 3.88. The second-order valence-electron chi connectivity index (χ2n) is 5.68. The Kier molecular flexibility index (Phi) is 5.16. The van der Waals surface area contributed by atoms with Crippen LogP contribution in [0.15, 0.2) is 48.5 Å². The number of benzene rings is 2. The smallest absolute Gasteiger partial charge is 0.326 e. The summed E-state index contributed by atoms with van der Waals surface area (Å²) in [6.07, 6.45) is 0. The number of hydrogen-bond donors (Lipinski definition) is 1. The van der Waals surface area contributed by atoms with E-state index in [-0.39, 0.29) is 5.56 Å². The van der Waals surface area contributed by atoms with E-state index in [0.717, 1.165) is 4.90 Å². The van der Waals surface area contributed by atoms with Crippen LogP contribution in [0.4, 0.5) is 11.4 Å². The van der Waals surface area contributed by atoms with Gasteiger partial charge in [0, 0.05) is 11.8 Å². The van der Waals surface area contributed by atoms with Gasteiger partial charge in [-0.1, -0.05) is 18.2 Å². The van der Waals surface area contributed by atoms with Gasteiger partial charge in [-0.15, -0.1) is 0 Å². The molecule has 0 spiro atoms. The second kappa shape index (κ2) is 7.69. The Bertz CT molecular complexity index is 924. The molecule has 0 fully saturated rings. The number of rotatable bonds is 6. The molecular weight excluding hydrogens is 352 g/mol. The van der Waals surface area contributed by atoms with Gasteiger partial charge in [0.15, 0.2) is 6.61 Å². The van der Waals surface area contributed by atoms with E-state index in [2.05, 4.69) is 5.32 Å². The molecule has 2 aromatic rings. The first-order valence-electron chi connectivity index (χ1n) is 8.04. The van der Waals surface area contributed by atoms with Gasteiger partial charge in [0.25, 0.3) is 17.6 Å². The molecule has 0 bridgehead atoms. The predicted molar refractivity (Wildman–Crippen MR) is 95.7 cm³/mol. The van der Waals surface area contributed by atoms with Crippen molar-refractivity contribution in [3.8, 4) is 5.75 Å². The molecule has 3 rings (SSSR count). The minimum Gasteiger partial charge on any atom is -0.497 e. The number of para-hydroxylation sites is 1. The van der Waals surface area contributed by atoms with E-state index < -0.39 is 36.7 Å².